The molecule has 2 N–H and O–H groups in total. The Morgan fingerprint density at radius 2 is 2.00 bits per heavy atom. The average Bonchev–Trinajstić information content (AvgIpc) is 2.46. The average molecular weight is 245 g/mol. The lowest BCUT2D eigenvalue weighted by Gasteiger charge is -2.27. The summed E-state index contributed by atoms with van der Waals surface area (Å²) in [5, 5.41) is 6.92. The SMILES string of the molecule is c1cc2c(cc1CCN1CCNCC1)NCCC2. The fourth-order valence-electron chi connectivity index (χ4n) is 2.89. The second-order valence-electron chi connectivity index (χ2n) is 5.36. The molecule has 0 saturated carbocycles. The van der Waals surface area contributed by atoms with Gasteiger partial charge in [-0.15, -0.1) is 0 Å². The summed E-state index contributed by atoms with van der Waals surface area (Å²) in [7, 11) is 0. The summed E-state index contributed by atoms with van der Waals surface area (Å²) in [5.41, 5.74) is 4.34. The van der Waals surface area contributed by atoms with Crippen molar-refractivity contribution in [1.29, 1.82) is 0 Å². The molecule has 2 aliphatic rings. The topological polar surface area (TPSA) is 27.3 Å². The summed E-state index contributed by atoms with van der Waals surface area (Å²) in [6, 6.07) is 6.99. The molecule has 3 rings (SSSR count). The van der Waals surface area contributed by atoms with Gasteiger partial charge in [-0.25, -0.2) is 0 Å². The van der Waals surface area contributed by atoms with Gasteiger partial charge in [0.1, 0.15) is 0 Å². The maximum atomic E-state index is 3.52. The van der Waals surface area contributed by atoms with E-state index in [9.17, 15) is 0 Å². The number of hydrogen-bond acceptors (Lipinski definition) is 3. The molecule has 98 valence electrons. The first-order chi connectivity index (χ1) is 8.92. The molecule has 18 heavy (non-hydrogen) atoms. The van der Waals surface area contributed by atoms with Crippen LogP contribution in [0.15, 0.2) is 18.2 Å². The maximum Gasteiger partial charge on any atom is 0.0375 e. The fraction of sp³-hybridized carbons (Fsp3) is 0.600. The third-order valence-corrected chi connectivity index (χ3v) is 4.04. The zero-order valence-corrected chi connectivity index (χ0v) is 11.0. The quantitative estimate of drug-likeness (QED) is 0.845. The molecular formula is C15H23N3. The van der Waals surface area contributed by atoms with E-state index in [2.05, 4.69) is 33.7 Å². The van der Waals surface area contributed by atoms with Gasteiger partial charge in [0.05, 0.1) is 0 Å². The molecule has 0 spiro atoms. The maximum absolute atomic E-state index is 3.52. The molecule has 2 heterocycles. The number of fused-ring (bicyclic) bond motifs is 1. The Morgan fingerprint density at radius 3 is 2.89 bits per heavy atom. The van der Waals surface area contributed by atoms with Gasteiger partial charge in [0.2, 0.25) is 0 Å². The van der Waals surface area contributed by atoms with Crippen LogP contribution in [0.4, 0.5) is 5.69 Å². The van der Waals surface area contributed by atoms with E-state index in [1.54, 1.807) is 0 Å². The van der Waals surface area contributed by atoms with Crippen molar-refractivity contribution in [3.05, 3.63) is 29.3 Å². The Morgan fingerprint density at radius 1 is 1.11 bits per heavy atom. The Labute approximate surface area is 110 Å². The van der Waals surface area contributed by atoms with Crippen LogP contribution in [0.1, 0.15) is 17.5 Å². The molecule has 0 radical (unpaired) electrons. The zero-order chi connectivity index (χ0) is 12.2. The monoisotopic (exact) mass is 245 g/mol. The third kappa shape index (κ3) is 2.85. The van der Waals surface area contributed by atoms with Crippen LogP contribution in [-0.2, 0) is 12.8 Å². The highest BCUT2D eigenvalue weighted by molar-refractivity contribution is 5.54. The standard InChI is InChI=1S/C15H23N3/c1-2-14-4-3-13(12-15(14)17-6-1)5-9-18-10-7-16-8-11-18/h3-4,12,16-17H,1-2,5-11H2. The normalized spacial score (nSPS) is 20.2. The van der Waals surface area contributed by atoms with Gasteiger partial charge in [-0.2, -0.15) is 0 Å². The van der Waals surface area contributed by atoms with Crippen molar-refractivity contribution in [2.24, 2.45) is 0 Å². The van der Waals surface area contributed by atoms with E-state index < -0.39 is 0 Å². The van der Waals surface area contributed by atoms with E-state index in [1.165, 1.54) is 55.7 Å². The number of nitrogens with one attached hydrogen (secondary N) is 2. The fourth-order valence-corrected chi connectivity index (χ4v) is 2.89. The van der Waals surface area contributed by atoms with Crippen molar-refractivity contribution < 1.29 is 0 Å². The lowest BCUT2D eigenvalue weighted by molar-refractivity contribution is 0.244. The summed E-state index contributed by atoms with van der Waals surface area (Å²) in [6.45, 7) is 7.01. The van der Waals surface area contributed by atoms with Gasteiger partial charge in [-0.05, 0) is 36.5 Å². The lowest BCUT2D eigenvalue weighted by atomic mass is 10.00. The summed E-state index contributed by atoms with van der Waals surface area (Å²) in [6.07, 6.45) is 3.68. The molecule has 1 saturated heterocycles. The summed E-state index contributed by atoms with van der Waals surface area (Å²) in [5.74, 6) is 0. The predicted molar refractivity (Wildman–Crippen MR) is 76.3 cm³/mol. The Kier molecular flexibility index (Phi) is 3.81. The number of piperazine rings is 1. The number of nitrogens with zero attached hydrogens (tertiary/aromatic N) is 1. The van der Waals surface area contributed by atoms with Crippen LogP contribution in [0, 0.1) is 0 Å². The van der Waals surface area contributed by atoms with Gasteiger partial charge < -0.3 is 15.5 Å². The molecule has 0 aliphatic carbocycles. The first-order valence-corrected chi connectivity index (χ1v) is 7.20. The second kappa shape index (κ2) is 5.72. The highest BCUT2D eigenvalue weighted by atomic mass is 15.2. The highest BCUT2D eigenvalue weighted by Gasteiger charge is 2.11. The second-order valence-corrected chi connectivity index (χ2v) is 5.36. The summed E-state index contributed by atoms with van der Waals surface area (Å²) in [4.78, 5) is 2.56. The van der Waals surface area contributed by atoms with Gasteiger partial charge in [0.25, 0.3) is 0 Å². The van der Waals surface area contributed by atoms with Crippen LogP contribution in [-0.4, -0.2) is 44.2 Å². The molecule has 2 aliphatic heterocycles. The number of rotatable bonds is 3. The Balaban J connectivity index is 1.58. The Hall–Kier alpha value is -1.06. The van der Waals surface area contributed by atoms with Crippen molar-refractivity contribution in [2.45, 2.75) is 19.3 Å². The van der Waals surface area contributed by atoms with Gasteiger partial charge >= 0.3 is 0 Å². The van der Waals surface area contributed by atoms with Gasteiger partial charge in [0, 0.05) is 45.0 Å². The predicted octanol–water partition coefficient (Wildman–Crippen LogP) is 1.49. The smallest absolute Gasteiger partial charge is 0.0375 e. The van der Waals surface area contributed by atoms with E-state index in [0.717, 1.165) is 19.6 Å². The molecule has 0 atom stereocenters. The molecule has 1 aromatic rings. The van der Waals surface area contributed by atoms with Crippen molar-refractivity contribution in [1.82, 2.24) is 10.2 Å². The van der Waals surface area contributed by atoms with Crippen molar-refractivity contribution in [3.8, 4) is 0 Å². The van der Waals surface area contributed by atoms with Gasteiger partial charge in [0.15, 0.2) is 0 Å². The first-order valence-electron chi connectivity index (χ1n) is 7.20. The molecule has 3 nitrogen and oxygen atoms in total. The third-order valence-electron chi connectivity index (χ3n) is 4.04. The van der Waals surface area contributed by atoms with E-state index in [4.69, 9.17) is 0 Å². The Bertz CT molecular complexity index is 397. The van der Waals surface area contributed by atoms with Crippen LogP contribution < -0.4 is 10.6 Å². The van der Waals surface area contributed by atoms with Crippen LogP contribution in [0.3, 0.4) is 0 Å². The first kappa shape index (κ1) is 12.0. The molecule has 0 bridgehead atoms. The van der Waals surface area contributed by atoms with Crippen LogP contribution >= 0.6 is 0 Å². The van der Waals surface area contributed by atoms with Crippen molar-refractivity contribution >= 4 is 5.69 Å². The highest BCUT2D eigenvalue weighted by Crippen LogP contribution is 2.23. The molecule has 3 heteroatoms. The molecule has 0 amide bonds. The number of hydrogen-bond donors (Lipinski definition) is 2. The lowest BCUT2D eigenvalue weighted by Crippen LogP contribution is -2.44. The number of aryl methyl sites for hydroxylation is 1. The zero-order valence-electron chi connectivity index (χ0n) is 11.0. The minimum absolute atomic E-state index is 1.13. The number of benzene rings is 1. The minimum Gasteiger partial charge on any atom is -0.385 e. The molecular weight excluding hydrogens is 222 g/mol. The molecule has 0 aromatic heterocycles. The van der Waals surface area contributed by atoms with Gasteiger partial charge in [-0.1, -0.05) is 12.1 Å². The van der Waals surface area contributed by atoms with Gasteiger partial charge in [-0.3, -0.25) is 0 Å². The van der Waals surface area contributed by atoms with Crippen molar-refractivity contribution in [3.63, 3.8) is 0 Å². The number of anilines is 1. The minimum atomic E-state index is 1.13. The molecule has 1 aromatic carbocycles. The van der Waals surface area contributed by atoms with Crippen LogP contribution in [0.25, 0.3) is 0 Å². The molecule has 1 fully saturated rings. The summed E-state index contributed by atoms with van der Waals surface area (Å²) >= 11 is 0. The van der Waals surface area contributed by atoms with Crippen LogP contribution in [0.2, 0.25) is 0 Å². The van der Waals surface area contributed by atoms with E-state index in [0.29, 0.717) is 0 Å². The van der Waals surface area contributed by atoms with Crippen LogP contribution in [0.5, 0.6) is 0 Å². The largest absolute Gasteiger partial charge is 0.385 e. The molecule has 0 unspecified atom stereocenters. The summed E-state index contributed by atoms with van der Waals surface area (Å²) < 4.78 is 0. The van der Waals surface area contributed by atoms with E-state index in [1.807, 2.05) is 0 Å². The van der Waals surface area contributed by atoms with E-state index >= 15 is 0 Å². The van der Waals surface area contributed by atoms with Crippen molar-refractivity contribution in [2.75, 3.05) is 44.6 Å². The van der Waals surface area contributed by atoms with E-state index in [-0.39, 0.29) is 0 Å².